The number of likely N-dealkylation sites (tertiary alicyclic amines) is 2. The van der Waals surface area contributed by atoms with Gasteiger partial charge in [0.1, 0.15) is 16.6 Å². The van der Waals surface area contributed by atoms with Crippen molar-refractivity contribution in [3.8, 4) is 0 Å². The zero-order valence-electron chi connectivity index (χ0n) is 24.0. The van der Waals surface area contributed by atoms with E-state index >= 15 is 0 Å². The summed E-state index contributed by atoms with van der Waals surface area (Å²) < 4.78 is 27.4. The molecular formula is C30H33Cl2N5O5S. The van der Waals surface area contributed by atoms with Crippen molar-refractivity contribution in [3.05, 3.63) is 64.3 Å². The SMILES string of the molecule is CC(C)(C)[C@H](NC(=O)c1cc2ccccc2[nH]1)C(=O)N1C[C@@H]2C[C@H]1CN2C(=O)C1CN(S(=O)(=O)c2cc(Cl)ccc2Cl)C1. The minimum atomic E-state index is -3.88. The number of H-pyrrole nitrogens is 1. The number of carbonyl (C=O) groups excluding carboxylic acids is 3. The second kappa shape index (κ2) is 10.8. The average Bonchev–Trinajstić information content (AvgIpc) is 3.65. The Morgan fingerprint density at radius 3 is 2.28 bits per heavy atom. The van der Waals surface area contributed by atoms with Crippen LogP contribution in [0.3, 0.4) is 0 Å². The van der Waals surface area contributed by atoms with E-state index < -0.39 is 27.4 Å². The number of para-hydroxylation sites is 1. The van der Waals surface area contributed by atoms with E-state index in [9.17, 15) is 22.8 Å². The fraction of sp³-hybridized carbons (Fsp3) is 0.433. The summed E-state index contributed by atoms with van der Waals surface area (Å²) in [5.74, 6) is -1.10. The van der Waals surface area contributed by atoms with E-state index in [-0.39, 0.29) is 57.8 Å². The normalized spacial score (nSPS) is 21.7. The Morgan fingerprint density at radius 2 is 1.63 bits per heavy atom. The number of halogens is 2. The lowest BCUT2D eigenvalue weighted by Gasteiger charge is -2.43. The first-order valence-electron chi connectivity index (χ1n) is 14.2. The van der Waals surface area contributed by atoms with Crippen LogP contribution in [0, 0.1) is 11.3 Å². The van der Waals surface area contributed by atoms with Crippen molar-refractivity contribution in [1.82, 2.24) is 24.4 Å². The lowest BCUT2D eigenvalue weighted by molar-refractivity contribution is -0.146. The maximum Gasteiger partial charge on any atom is 0.268 e. The van der Waals surface area contributed by atoms with E-state index in [0.29, 0.717) is 25.2 Å². The van der Waals surface area contributed by atoms with Crippen LogP contribution in [0.2, 0.25) is 10.0 Å². The summed E-state index contributed by atoms with van der Waals surface area (Å²) in [4.78, 5) is 47.0. The molecule has 3 fully saturated rings. The molecule has 3 saturated heterocycles. The number of aromatic nitrogens is 1. The number of nitrogens with zero attached hydrogens (tertiary/aromatic N) is 3. The number of carbonyl (C=O) groups is 3. The molecule has 4 heterocycles. The number of nitrogens with one attached hydrogen (secondary N) is 2. The molecule has 2 bridgehead atoms. The molecule has 228 valence electrons. The highest BCUT2D eigenvalue weighted by Gasteiger charge is 2.52. The van der Waals surface area contributed by atoms with E-state index in [1.165, 1.54) is 22.5 Å². The van der Waals surface area contributed by atoms with Gasteiger partial charge in [0.05, 0.1) is 23.0 Å². The van der Waals surface area contributed by atoms with Crippen molar-refractivity contribution in [3.63, 3.8) is 0 Å². The third-order valence-corrected chi connectivity index (χ3v) is 11.2. The largest absolute Gasteiger partial charge is 0.351 e. The quantitative estimate of drug-likeness (QED) is 0.423. The van der Waals surface area contributed by atoms with E-state index in [0.717, 1.165) is 10.9 Å². The first-order valence-corrected chi connectivity index (χ1v) is 16.4. The summed E-state index contributed by atoms with van der Waals surface area (Å²) in [6, 6.07) is 12.5. The molecular weight excluding hydrogens is 613 g/mol. The molecule has 10 nitrogen and oxygen atoms in total. The first-order chi connectivity index (χ1) is 20.2. The van der Waals surface area contributed by atoms with Crippen molar-refractivity contribution in [2.75, 3.05) is 26.2 Å². The summed E-state index contributed by atoms with van der Waals surface area (Å²) in [6.45, 7) is 6.62. The zero-order valence-corrected chi connectivity index (χ0v) is 26.3. The number of hydrogen-bond acceptors (Lipinski definition) is 5. The van der Waals surface area contributed by atoms with E-state index in [1.54, 1.807) is 15.9 Å². The van der Waals surface area contributed by atoms with Crippen LogP contribution in [0.4, 0.5) is 0 Å². The van der Waals surface area contributed by atoms with Gasteiger partial charge in [-0.1, -0.05) is 62.2 Å². The first kappa shape index (κ1) is 29.9. The Morgan fingerprint density at radius 1 is 0.953 bits per heavy atom. The molecule has 3 atom stereocenters. The molecule has 3 amide bonds. The second-order valence-electron chi connectivity index (χ2n) is 12.7. The van der Waals surface area contributed by atoms with Gasteiger partial charge in [0.15, 0.2) is 0 Å². The predicted molar refractivity (Wildman–Crippen MR) is 163 cm³/mol. The number of aromatic amines is 1. The van der Waals surface area contributed by atoms with Gasteiger partial charge in [0.25, 0.3) is 5.91 Å². The third-order valence-electron chi connectivity index (χ3n) is 8.68. The van der Waals surface area contributed by atoms with Crippen LogP contribution in [-0.2, 0) is 19.6 Å². The number of hydrogen-bond donors (Lipinski definition) is 2. The van der Waals surface area contributed by atoms with Crippen LogP contribution in [-0.4, -0.2) is 89.5 Å². The highest BCUT2D eigenvalue weighted by molar-refractivity contribution is 7.89. The smallest absolute Gasteiger partial charge is 0.268 e. The summed E-state index contributed by atoms with van der Waals surface area (Å²) in [6.07, 6.45) is 0.650. The van der Waals surface area contributed by atoms with E-state index in [2.05, 4.69) is 10.3 Å². The zero-order chi connectivity index (χ0) is 30.8. The Balaban J connectivity index is 1.08. The van der Waals surface area contributed by atoms with Gasteiger partial charge in [-0.2, -0.15) is 4.31 Å². The standard InChI is InChI=1S/C30H33Cl2N5O5S/c1-30(2,3)26(34-27(38)24-10-17-6-4-5-7-23(17)33-24)29(40)37-16-20-12-21(37)15-36(20)28(39)18-13-35(14-18)43(41,42)25-11-19(31)8-9-22(25)32/h4-11,18,20-21,26,33H,12-16H2,1-3H3,(H,34,38)/t20-,21-,26+/m0/s1. The van der Waals surface area contributed by atoms with Gasteiger partial charge >= 0.3 is 0 Å². The molecule has 2 aromatic carbocycles. The number of amides is 3. The van der Waals surface area contributed by atoms with Gasteiger partial charge in [-0.05, 0) is 42.2 Å². The number of benzene rings is 2. The minimum absolute atomic E-state index is 0.0619. The molecule has 13 heteroatoms. The number of rotatable bonds is 6. The molecule has 3 aliphatic heterocycles. The van der Waals surface area contributed by atoms with Crippen LogP contribution in [0.1, 0.15) is 37.7 Å². The van der Waals surface area contributed by atoms with Crippen LogP contribution in [0.25, 0.3) is 10.9 Å². The summed E-state index contributed by atoms with van der Waals surface area (Å²) in [5.41, 5.74) is 0.675. The molecule has 6 rings (SSSR count). The fourth-order valence-electron chi connectivity index (χ4n) is 6.26. The van der Waals surface area contributed by atoms with Crippen molar-refractivity contribution in [2.24, 2.45) is 11.3 Å². The van der Waals surface area contributed by atoms with Gasteiger partial charge in [-0.3, -0.25) is 14.4 Å². The lowest BCUT2D eigenvalue weighted by atomic mass is 9.85. The van der Waals surface area contributed by atoms with Crippen molar-refractivity contribution >= 4 is 61.8 Å². The molecule has 2 N–H and O–H groups in total. The fourth-order valence-corrected chi connectivity index (χ4v) is 8.53. The average molecular weight is 647 g/mol. The Labute approximate surface area is 260 Å². The van der Waals surface area contributed by atoms with Gasteiger partial charge in [0.2, 0.25) is 21.8 Å². The maximum atomic E-state index is 13.8. The summed E-state index contributed by atoms with van der Waals surface area (Å²) in [7, 11) is -3.88. The van der Waals surface area contributed by atoms with Crippen LogP contribution in [0.5, 0.6) is 0 Å². The van der Waals surface area contributed by atoms with Gasteiger partial charge < -0.3 is 20.1 Å². The predicted octanol–water partition coefficient (Wildman–Crippen LogP) is 3.75. The van der Waals surface area contributed by atoms with Crippen LogP contribution in [0.15, 0.2) is 53.4 Å². The highest BCUT2D eigenvalue weighted by atomic mass is 35.5. The Kier molecular flexibility index (Phi) is 7.52. The molecule has 0 spiro atoms. The summed E-state index contributed by atoms with van der Waals surface area (Å²) in [5, 5.41) is 4.20. The monoisotopic (exact) mass is 645 g/mol. The molecule has 0 radical (unpaired) electrons. The molecule has 43 heavy (non-hydrogen) atoms. The van der Waals surface area contributed by atoms with E-state index in [4.69, 9.17) is 23.2 Å². The number of fused-ring (bicyclic) bond motifs is 3. The van der Waals surface area contributed by atoms with Gasteiger partial charge in [-0.25, -0.2) is 8.42 Å². The molecule has 3 aromatic rings. The molecule has 3 aliphatic rings. The minimum Gasteiger partial charge on any atom is -0.351 e. The number of piperazine rings is 1. The van der Waals surface area contributed by atoms with Gasteiger partial charge in [-0.15, -0.1) is 0 Å². The number of sulfonamides is 1. The Hall–Kier alpha value is -3.12. The molecule has 0 saturated carbocycles. The van der Waals surface area contributed by atoms with Crippen molar-refractivity contribution < 1.29 is 22.8 Å². The van der Waals surface area contributed by atoms with Crippen molar-refractivity contribution in [1.29, 1.82) is 0 Å². The maximum absolute atomic E-state index is 13.8. The molecule has 0 unspecified atom stereocenters. The van der Waals surface area contributed by atoms with Crippen LogP contribution < -0.4 is 5.32 Å². The Bertz CT molecular complexity index is 1700. The topological polar surface area (TPSA) is 123 Å². The summed E-state index contributed by atoms with van der Waals surface area (Å²) >= 11 is 12.1. The van der Waals surface area contributed by atoms with Gasteiger partial charge in [0, 0.05) is 42.1 Å². The van der Waals surface area contributed by atoms with Crippen LogP contribution >= 0.6 is 23.2 Å². The van der Waals surface area contributed by atoms with E-state index in [1.807, 2.05) is 45.0 Å². The molecule has 1 aromatic heterocycles. The third kappa shape index (κ3) is 5.41. The lowest BCUT2D eigenvalue weighted by Crippen LogP contribution is -2.61. The highest BCUT2D eigenvalue weighted by Crippen LogP contribution is 2.37. The second-order valence-corrected chi connectivity index (χ2v) is 15.4. The molecule has 0 aliphatic carbocycles. The van der Waals surface area contributed by atoms with Crippen molar-refractivity contribution in [2.45, 2.75) is 50.2 Å².